The summed E-state index contributed by atoms with van der Waals surface area (Å²) in [5, 5.41) is 11.7. The summed E-state index contributed by atoms with van der Waals surface area (Å²) in [5.41, 5.74) is 4.80. The van der Waals surface area contributed by atoms with Gasteiger partial charge in [0.1, 0.15) is 17.1 Å². The minimum atomic E-state index is -0.192. The molecule has 0 spiro atoms. The number of ether oxygens (including phenoxy) is 1. The Kier molecular flexibility index (Phi) is 6.30. The Labute approximate surface area is 186 Å². The molecular weight excluding hydrogens is 406 g/mol. The quantitative estimate of drug-likeness (QED) is 0.455. The summed E-state index contributed by atoms with van der Waals surface area (Å²) in [4.78, 5) is 16.9. The topological polar surface area (TPSA) is 95.1 Å². The number of rotatable bonds is 8. The fraction of sp³-hybridized carbons (Fsp3) is 0.250. The van der Waals surface area contributed by atoms with Crippen molar-refractivity contribution < 1.29 is 14.1 Å². The number of hydrogen-bond donors (Lipinski definition) is 1. The molecule has 0 saturated carbocycles. The molecule has 1 aromatic carbocycles. The van der Waals surface area contributed by atoms with Gasteiger partial charge >= 0.3 is 0 Å². The fourth-order valence-electron chi connectivity index (χ4n) is 3.57. The largest absolute Gasteiger partial charge is 0.497 e. The molecule has 32 heavy (non-hydrogen) atoms. The van der Waals surface area contributed by atoms with Gasteiger partial charge in [0.05, 0.1) is 30.7 Å². The molecule has 3 aromatic heterocycles. The van der Waals surface area contributed by atoms with Crippen molar-refractivity contribution in [1.82, 2.24) is 25.2 Å². The molecular formula is C24H25N5O3. The third-order valence-electron chi connectivity index (χ3n) is 5.21. The zero-order valence-electron chi connectivity index (χ0n) is 18.3. The molecule has 0 radical (unpaired) electrons. The summed E-state index contributed by atoms with van der Waals surface area (Å²) in [7, 11) is 1.64. The van der Waals surface area contributed by atoms with E-state index in [1.807, 2.05) is 54.1 Å². The lowest BCUT2D eigenvalue weighted by Gasteiger charge is -2.10. The molecule has 0 aliphatic rings. The summed E-state index contributed by atoms with van der Waals surface area (Å²) in [6, 6.07) is 13.7. The number of pyridine rings is 1. The molecule has 4 rings (SSSR count). The molecule has 0 fully saturated rings. The molecule has 4 aromatic rings. The normalized spacial score (nSPS) is 10.8. The molecule has 0 aliphatic carbocycles. The van der Waals surface area contributed by atoms with Crippen LogP contribution in [0.5, 0.6) is 5.75 Å². The van der Waals surface area contributed by atoms with E-state index < -0.39 is 0 Å². The maximum Gasteiger partial charge on any atom is 0.256 e. The lowest BCUT2D eigenvalue weighted by atomic mass is 10.1. The molecule has 3 heterocycles. The minimum Gasteiger partial charge on any atom is -0.497 e. The van der Waals surface area contributed by atoms with Crippen molar-refractivity contribution >= 4 is 5.91 Å². The van der Waals surface area contributed by atoms with Crippen molar-refractivity contribution in [2.24, 2.45) is 0 Å². The van der Waals surface area contributed by atoms with E-state index in [9.17, 15) is 4.79 Å². The van der Waals surface area contributed by atoms with E-state index in [0.29, 0.717) is 36.5 Å². The first kappa shape index (κ1) is 21.3. The lowest BCUT2D eigenvalue weighted by molar-refractivity contribution is 0.0949. The second-order valence-corrected chi connectivity index (χ2v) is 7.28. The van der Waals surface area contributed by atoms with Crippen LogP contribution in [-0.4, -0.2) is 39.5 Å². The number of aromatic nitrogens is 4. The van der Waals surface area contributed by atoms with Gasteiger partial charge in [-0.2, -0.15) is 5.10 Å². The zero-order valence-corrected chi connectivity index (χ0v) is 18.3. The highest BCUT2D eigenvalue weighted by molar-refractivity contribution is 5.96. The van der Waals surface area contributed by atoms with E-state index in [1.165, 1.54) is 0 Å². The number of carbonyl (C=O) groups excluding carboxylic acids is 1. The van der Waals surface area contributed by atoms with Crippen molar-refractivity contribution in [2.75, 3.05) is 13.7 Å². The number of amides is 1. The Morgan fingerprint density at radius 2 is 2.03 bits per heavy atom. The Morgan fingerprint density at radius 3 is 2.78 bits per heavy atom. The Hall–Kier alpha value is -3.94. The molecule has 0 saturated heterocycles. The van der Waals surface area contributed by atoms with Crippen LogP contribution in [0.2, 0.25) is 0 Å². The number of hydrogen-bond acceptors (Lipinski definition) is 6. The SMILES string of the molecule is CCc1noc(C)c1C(=O)NCCn1nc(-c2cccnc2)cc1-c1cccc(OC)c1. The first-order valence-corrected chi connectivity index (χ1v) is 10.5. The van der Waals surface area contributed by atoms with Crippen molar-refractivity contribution in [3.63, 3.8) is 0 Å². The minimum absolute atomic E-state index is 0.192. The van der Waals surface area contributed by atoms with E-state index in [4.69, 9.17) is 14.4 Å². The van der Waals surface area contributed by atoms with Gasteiger partial charge in [-0.05, 0) is 43.7 Å². The maximum absolute atomic E-state index is 12.7. The van der Waals surface area contributed by atoms with Crippen LogP contribution in [0, 0.1) is 6.92 Å². The van der Waals surface area contributed by atoms with Crippen LogP contribution < -0.4 is 10.1 Å². The number of nitrogens with one attached hydrogen (secondary N) is 1. The summed E-state index contributed by atoms with van der Waals surface area (Å²) >= 11 is 0. The van der Waals surface area contributed by atoms with Gasteiger partial charge in [0.25, 0.3) is 5.91 Å². The smallest absolute Gasteiger partial charge is 0.256 e. The standard InChI is InChI=1S/C24H25N5O3/c1-4-20-23(16(2)32-28-20)24(30)26-11-12-29-22(17-7-5-9-19(13-17)31-3)14-21(27-29)18-8-6-10-25-15-18/h5-10,13-15H,4,11-12H2,1-3H3,(H,26,30). The summed E-state index contributed by atoms with van der Waals surface area (Å²) in [5.74, 6) is 1.10. The number of benzene rings is 1. The second kappa shape index (κ2) is 9.47. The monoisotopic (exact) mass is 431 g/mol. The van der Waals surface area contributed by atoms with Crippen LogP contribution in [0.15, 0.2) is 59.4 Å². The van der Waals surface area contributed by atoms with Gasteiger partial charge in [-0.15, -0.1) is 0 Å². The number of methoxy groups -OCH3 is 1. The van der Waals surface area contributed by atoms with Crippen LogP contribution in [0.1, 0.15) is 28.7 Å². The van der Waals surface area contributed by atoms with Crippen LogP contribution in [0.4, 0.5) is 0 Å². The van der Waals surface area contributed by atoms with E-state index in [-0.39, 0.29) is 5.91 Å². The number of carbonyl (C=O) groups is 1. The maximum atomic E-state index is 12.7. The first-order valence-electron chi connectivity index (χ1n) is 10.5. The van der Waals surface area contributed by atoms with Gasteiger partial charge in [0.15, 0.2) is 0 Å². The van der Waals surface area contributed by atoms with Crippen molar-refractivity contribution in [3.05, 3.63) is 71.9 Å². The molecule has 8 nitrogen and oxygen atoms in total. The molecule has 1 amide bonds. The number of nitrogens with zero attached hydrogens (tertiary/aromatic N) is 4. The lowest BCUT2D eigenvalue weighted by Crippen LogP contribution is -2.28. The predicted molar refractivity (Wildman–Crippen MR) is 120 cm³/mol. The van der Waals surface area contributed by atoms with Gasteiger partial charge in [0, 0.05) is 30.1 Å². The highest BCUT2D eigenvalue weighted by Gasteiger charge is 2.19. The summed E-state index contributed by atoms with van der Waals surface area (Å²) in [6.07, 6.45) is 4.15. The first-order chi connectivity index (χ1) is 15.6. The van der Waals surface area contributed by atoms with Crippen molar-refractivity contribution in [1.29, 1.82) is 0 Å². The van der Waals surface area contributed by atoms with Crippen LogP contribution in [0.25, 0.3) is 22.5 Å². The highest BCUT2D eigenvalue weighted by atomic mass is 16.5. The molecule has 0 unspecified atom stereocenters. The average Bonchev–Trinajstić information content (AvgIpc) is 3.43. The fourth-order valence-corrected chi connectivity index (χ4v) is 3.57. The van der Waals surface area contributed by atoms with E-state index in [1.54, 1.807) is 26.4 Å². The highest BCUT2D eigenvalue weighted by Crippen LogP contribution is 2.28. The van der Waals surface area contributed by atoms with Crippen molar-refractivity contribution in [2.45, 2.75) is 26.8 Å². The Morgan fingerprint density at radius 1 is 1.19 bits per heavy atom. The van der Waals surface area contributed by atoms with E-state index in [0.717, 1.165) is 28.3 Å². The average molecular weight is 431 g/mol. The van der Waals surface area contributed by atoms with Crippen LogP contribution >= 0.6 is 0 Å². The van der Waals surface area contributed by atoms with Gasteiger partial charge < -0.3 is 14.6 Å². The molecule has 164 valence electrons. The van der Waals surface area contributed by atoms with Crippen LogP contribution in [0.3, 0.4) is 0 Å². The Bertz CT molecular complexity index is 1210. The third kappa shape index (κ3) is 4.39. The van der Waals surface area contributed by atoms with E-state index >= 15 is 0 Å². The van der Waals surface area contributed by atoms with Gasteiger partial charge in [-0.25, -0.2) is 0 Å². The second-order valence-electron chi connectivity index (χ2n) is 7.28. The summed E-state index contributed by atoms with van der Waals surface area (Å²) < 4.78 is 12.4. The molecule has 8 heteroatoms. The molecule has 1 N–H and O–H groups in total. The molecule has 0 atom stereocenters. The van der Waals surface area contributed by atoms with Gasteiger partial charge in [-0.3, -0.25) is 14.5 Å². The van der Waals surface area contributed by atoms with Crippen LogP contribution in [-0.2, 0) is 13.0 Å². The van der Waals surface area contributed by atoms with Crippen molar-refractivity contribution in [3.8, 4) is 28.3 Å². The Balaban J connectivity index is 1.58. The summed E-state index contributed by atoms with van der Waals surface area (Å²) in [6.45, 7) is 4.58. The zero-order chi connectivity index (χ0) is 22.5. The van der Waals surface area contributed by atoms with Gasteiger partial charge in [0.2, 0.25) is 0 Å². The molecule has 0 aliphatic heterocycles. The third-order valence-corrected chi connectivity index (χ3v) is 5.21. The van der Waals surface area contributed by atoms with E-state index in [2.05, 4.69) is 15.5 Å². The molecule has 0 bridgehead atoms. The van der Waals surface area contributed by atoms with Gasteiger partial charge in [-0.1, -0.05) is 24.2 Å². The number of aryl methyl sites for hydroxylation is 2. The predicted octanol–water partition coefficient (Wildman–Crippen LogP) is 3.91.